The average molecular weight is 158 g/mol. The molecule has 0 aromatic heterocycles. The number of ether oxygens (including phenoxy) is 1. The molecule has 4 nitrogen and oxygen atoms in total. The van der Waals surface area contributed by atoms with Crippen LogP contribution in [0.5, 0.6) is 0 Å². The fourth-order valence-electron chi connectivity index (χ4n) is 1.02. The topological polar surface area (TPSA) is 50.4 Å². The zero-order valence-corrected chi connectivity index (χ0v) is 6.72. The van der Waals surface area contributed by atoms with E-state index in [1.165, 1.54) is 0 Å². The molecule has 0 radical (unpaired) electrons. The van der Waals surface area contributed by atoms with Crippen molar-refractivity contribution in [3.8, 4) is 0 Å². The predicted octanol–water partition coefficient (Wildman–Crippen LogP) is -0.889. The minimum absolute atomic E-state index is 0.0249. The third-order valence-electron chi connectivity index (χ3n) is 1.76. The van der Waals surface area contributed by atoms with Crippen molar-refractivity contribution >= 4 is 5.91 Å². The van der Waals surface area contributed by atoms with Crippen molar-refractivity contribution in [3.05, 3.63) is 0 Å². The van der Waals surface area contributed by atoms with Crippen LogP contribution < -0.4 is 10.6 Å². The van der Waals surface area contributed by atoms with Gasteiger partial charge in [0.2, 0.25) is 5.91 Å². The summed E-state index contributed by atoms with van der Waals surface area (Å²) in [4.78, 5) is 10.8. The van der Waals surface area contributed by atoms with Crippen LogP contribution in [0.3, 0.4) is 0 Å². The first-order valence-electron chi connectivity index (χ1n) is 3.84. The molecule has 0 aromatic rings. The molecule has 1 aliphatic rings. The molecule has 1 fully saturated rings. The molecule has 0 bridgehead atoms. The maximum atomic E-state index is 10.8. The van der Waals surface area contributed by atoms with Crippen LogP contribution in [-0.4, -0.2) is 38.8 Å². The molecule has 1 aliphatic heterocycles. The molecular weight excluding hydrogens is 144 g/mol. The molecule has 11 heavy (non-hydrogen) atoms. The lowest BCUT2D eigenvalue weighted by Gasteiger charge is -2.08. The number of carbonyl (C=O) groups excluding carboxylic acids is 1. The molecule has 1 saturated heterocycles. The summed E-state index contributed by atoms with van der Waals surface area (Å²) in [6.07, 6.45) is 1.01. The van der Waals surface area contributed by atoms with E-state index in [2.05, 4.69) is 10.6 Å². The van der Waals surface area contributed by atoms with E-state index >= 15 is 0 Å². The Hall–Kier alpha value is -0.610. The van der Waals surface area contributed by atoms with Gasteiger partial charge in [-0.05, 0) is 6.42 Å². The maximum Gasteiger partial charge on any atom is 0.233 e. The lowest BCUT2D eigenvalue weighted by Crippen LogP contribution is -2.38. The van der Waals surface area contributed by atoms with Gasteiger partial charge in [0, 0.05) is 19.7 Å². The van der Waals surface area contributed by atoms with E-state index in [1.54, 1.807) is 7.05 Å². The summed E-state index contributed by atoms with van der Waals surface area (Å²) in [6.45, 7) is 1.94. The fourth-order valence-corrected chi connectivity index (χ4v) is 1.02. The second-order valence-corrected chi connectivity index (χ2v) is 2.61. The molecule has 1 heterocycles. The first-order valence-corrected chi connectivity index (χ1v) is 3.84. The van der Waals surface area contributed by atoms with Crippen LogP contribution in [-0.2, 0) is 9.53 Å². The van der Waals surface area contributed by atoms with Crippen LogP contribution in [0, 0.1) is 0 Å². The summed E-state index contributed by atoms with van der Waals surface area (Å²) in [5, 5.41) is 5.64. The third kappa shape index (κ3) is 2.86. The number of carbonyl (C=O) groups is 1. The molecule has 1 amide bonds. The number of amides is 1. The Morgan fingerprint density at radius 1 is 1.73 bits per heavy atom. The SMILES string of the molecule is CNC(=O)CNC1CCOC1. The first kappa shape index (κ1) is 8.49. The van der Waals surface area contributed by atoms with Gasteiger partial charge in [-0.2, -0.15) is 0 Å². The van der Waals surface area contributed by atoms with Gasteiger partial charge in [-0.1, -0.05) is 0 Å². The summed E-state index contributed by atoms with van der Waals surface area (Å²) < 4.78 is 5.13. The summed E-state index contributed by atoms with van der Waals surface area (Å²) >= 11 is 0. The van der Waals surface area contributed by atoms with Crippen LogP contribution in [0.4, 0.5) is 0 Å². The number of hydrogen-bond acceptors (Lipinski definition) is 3. The smallest absolute Gasteiger partial charge is 0.233 e. The summed E-state index contributed by atoms with van der Waals surface area (Å²) in [5.41, 5.74) is 0. The van der Waals surface area contributed by atoms with Crippen molar-refractivity contribution in [2.75, 3.05) is 26.8 Å². The summed E-state index contributed by atoms with van der Waals surface area (Å²) in [7, 11) is 1.63. The van der Waals surface area contributed by atoms with E-state index < -0.39 is 0 Å². The third-order valence-corrected chi connectivity index (χ3v) is 1.76. The maximum absolute atomic E-state index is 10.8. The molecule has 1 rings (SSSR count). The van der Waals surface area contributed by atoms with E-state index in [-0.39, 0.29) is 5.91 Å². The lowest BCUT2D eigenvalue weighted by molar-refractivity contribution is -0.119. The van der Waals surface area contributed by atoms with Crippen LogP contribution in [0.25, 0.3) is 0 Å². The number of nitrogens with one attached hydrogen (secondary N) is 2. The van der Waals surface area contributed by atoms with Crippen LogP contribution >= 0.6 is 0 Å². The molecular formula is C7H14N2O2. The van der Waals surface area contributed by atoms with Crippen molar-refractivity contribution in [1.82, 2.24) is 10.6 Å². The first-order chi connectivity index (χ1) is 5.33. The Bertz CT molecular complexity index is 132. The molecule has 4 heteroatoms. The normalized spacial score (nSPS) is 23.5. The van der Waals surface area contributed by atoms with Gasteiger partial charge >= 0.3 is 0 Å². The fraction of sp³-hybridized carbons (Fsp3) is 0.857. The molecule has 1 atom stereocenters. The largest absolute Gasteiger partial charge is 0.380 e. The standard InChI is InChI=1S/C7H14N2O2/c1-8-7(10)4-9-6-2-3-11-5-6/h6,9H,2-5H2,1H3,(H,8,10). The molecule has 0 saturated carbocycles. The zero-order valence-electron chi connectivity index (χ0n) is 6.72. The van der Waals surface area contributed by atoms with Crippen molar-refractivity contribution < 1.29 is 9.53 Å². The highest BCUT2D eigenvalue weighted by atomic mass is 16.5. The highest BCUT2D eigenvalue weighted by molar-refractivity contribution is 5.77. The minimum Gasteiger partial charge on any atom is -0.380 e. The number of rotatable bonds is 3. The second kappa shape index (κ2) is 4.31. The molecule has 1 unspecified atom stereocenters. The van der Waals surface area contributed by atoms with E-state index in [0.717, 1.165) is 19.6 Å². The van der Waals surface area contributed by atoms with Gasteiger partial charge in [-0.15, -0.1) is 0 Å². The van der Waals surface area contributed by atoms with Crippen LogP contribution in [0.15, 0.2) is 0 Å². The van der Waals surface area contributed by atoms with E-state index in [9.17, 15) is 4.79 Å². The molecule has 0 aliphatic carbocycles. The average Bonchev–Trinajstić information content (AvgIpc) is 2.52. The van der Waals surface area contributed by atoms with Gasteiger partial charge in [0.15, 0.2) is 0 Å². The van der Waals surface area contributed by atoms with Crippen molar-refractivity contribution in [1.29, 1.82) is 0 Å². The Labute approximate surface area is 66.3 Å². The predicted molar refractivity (Wildman–Crippen MR) is 41.3 cm³/mol. The van der Waals surface area contributed by atoms with Crippen molar-refractivity contribution in [2.45, 2.75) is 12.5 Å². The van der Waals surface area contributed by atoms with E-state index in [4.69, 9.17) is 4.74 Å². The van der Waals surface area contributed by atoms with Crippen LogP contribution in [0.1, 0.15) is 6.42 Å². The molecule has 2 N–H and O–H groups in total. The van der Waals surface area contributed by atoms with E-state index in [0.29, 0.717) is 12.6 Å². The Balaban J connectivity index is 2.06. The van der Waals surface area contributed by atoms with Crippen molar-refractivity contribution in [3.63, 3.8) is 0 Å². The van der Waals surface area contributed by atoms with Gasteiger partial charge in [0.25, 0.3) is 0 Å². The van der Waals surface area contributed by atoms with Gasteiger partial charge in [-0.3, -0.25) is 4.79 Å². The Morgan fingerprint density at radius 2 is 2.55 bits per heavy atom. The highest BCUT2D eigenvalue weighted by Gasteiger charge is 2.14. The number of likely N-dealkylation sites (N-methyl/N-ethyl adjacent to an activating group) is 1. The summed E-state index contributed by atoms with van der Waals surface area (Å²) in [6, 6.07) is 0.368. The Kier molecular flexibility index (Phi) is 3.32. The lowest BCUT2D eigenvalue weighted by atomic mass is 10.2. The monoisotopic (exact) mass is 158 g/mol. The number of hydrogen-bond donors (Lipinski definition) is 2. The second-order valence-electron chi connectivity index (χ2n) is 2.61. The van der Waals surface area contributed by atoms with E-state index in [1.807, 2.05) is 0 Å². The quantitative estimate of drug-likeness (QED) is 0.560. The molecule has 0 spiro atoms. The van der Waals surface area contributed by atoms with Gasteiger partial charge in [0.05, 0.1) is 13.2 Å². The zero-order chi connectivity index (χ0) is 8.10. The van der Waals surface area contributed by atoms with Crippen LogP contribution in [0.2, 0.25) is 0 Å². The molecule has 64 valence electrons. The summed E-state index contributed by atoms with van der Waals surface area (Å²) in [5.74, 6) is 0.0249. The molecule has 0 aromatic carbocycles. The highest BCUT2D eigenvalue weighted by Crippen LogP contribution is 2.01. The Morgan fingerprint density at radius 3 is 3.09 bits per heavy atom. The van der Waals surface area contributed by atoms with Gasteiger partial charge < -0.3 is 15.4 Å². The van der Waals surface area contributed by atoms with Gasteiger partial charge in [0.1, 0.15) is 0 Å². The minimum atomic E-state index is 0.0249. The van der Waals surface area contributed by atoms with Crippen molar-refractivity contribution in [2.24, 2.45) is 0 Å². The van der Waals surface area contributed by atoms with Gasteiger partial charge in [-0.25, -0.2) is 0 Å².